The zero-order chi connectivity index (χ0) is 10.5. The van der Waals surface area contributed by atoms with E-state index in [2.05, 4.69) is 15.3 Å². The van der Waals surface area contributed by atoms with E-state index in [1.807, 2.05) is 6.26 Å². The molecular weight excluding hydrogens is 210 g/mol. The third-order valence-electron chi connectivity index (χ3n) is 2.40. The van der Waals surface area contributed by atoms with Crippen LogP contribution in [0.5, 0.6) is 0 Å². The molecule has 4 nitrogen and oxygen atoms in total. The van der Waals surface area contributed by atoms with Gasteiger partial charge in [-0.1, -0.05) is 0 Å². The summed E-state index contributed by atoms with van der Waals surface area (Å²) in [7, 11) is 0. The van der Waals surface area contributed by atoms with Crippen molar-refractivity contribution in [3.8, 4) is 0 Å². The molecule has 2 rings (SSSR count). The molecule has 0 saturated carbocycles. The van der Waals surface area contributed by atoms with E-state index in [1.54, 1.807) is 24.2 Å². The van der Waals surface area contributed by atoms with Crippen molar-refractivity contribution in [2.45, 2.75) is 24.2 Å². The predicted octanol–water partition coefficient (Wildman–Crippen LogP) is 1.08. The van der Waals surface area contributed by atoms with Crippen molar-refractivity contribution in [2.24, 2.45) is 0 Å². The van der Waals surface area contributed by atoms with E-state index in [-0.39, 0.29) is 0 Å². The molecule has 1 aromatic rings. The van der Waals surface area contributed by atoms with Crippen LogP contribution in [0.1, 0.15) is 12.1 Å². The Morgan fingerprint density at radius 1 is 1.53 bits per heavy atom. The van der Waals surface area contributed by atoms with E-state index >= 15 is 0 Å². The number of nitrogens with zero attached hydrogens (tertiary/aromatic N) is 2. The molecular formula is C10H15N3OS. The summed E-state index contributed by atoms with van der Waals surface area (Å²) in [6.45, 7) is 2.58. The zero-order valence-corrected chi connectivity index (χ0v) is 9.59. The van der Waals surface area contributed by atoms with Crippen molar-refractivity contribution >= 4 is 11.8 Å². The summed E-state index contributed by atoms with van der Waals surface area (Å²) in [5.74, 6) is 0. The van der Waals surface area contributed by atoms with Crippen molar-refractivity contribution < 1.29 is 4.74 Å². The molecule has 1 atom stereocenters. The summed E-state index contributed by atoms with van der Waals surface area (Å²) >= 11 is 1.61. The monoisotopic (exact) mass is 225 g/mol. The van der Waals surface area contributed by atoms with Crippen molar-refractivity contribution in [3.05, 3.63) is 18.1 Å². The molecule has 1 N–H and O–H groups in total. The number of rotatable bonds is 4. The summed E-state index contributed by atoms with van der Waals surface area (Å²) in [6.07, 6.45) is 6.86. The summed E-state index contributed by atoms with van der Waals surface area (Å²) in [5.41, 5.74) is 0.942. The van der Waals surface area contributed by atoms with Crippen molar-refractivity contribution in [1.82, 2.24) is 15.3 Å². The van der Waals surface area contributed by atoms with Crippen LogP contribution in [0.4, 0.5) is 0 Å². The zero-order valence-electron chi connectivity index (χ0n) is 8.77. The molecule has 1 aliphatic heterocycles. The first kappa shape index (κ1) is 10.9. The lowest BCUT2D eigenvalue weighted by atomic mass is 10.3. The Bertz CT molecular complexity index is 315. The van der Waals surface area contributed by atoms with Gasteiger partial charge in [-0.15, -0.1) is 11.8 Å². The van der Waals surface area contributed by atoms with E-state index < -0.39 is 0 Å². The number of aromatic nitrogens is 2. The topological polar surface area (TPSA) is 47.0 Å². The highest BCUT2D eigenvalue weighted by molar-refractivity contribution is 7.98. The van der Waals surface area contributed by atoms with Crippen molar-refractivity contribution in [3.63, 3.8) is 0 Å². The first-order valence-electron chi connectivity index (χ1n) is 5.06. The minimum Gasteiger partial charge on any atom is -0.370 e. The number of hydrogen-bond acceptors (Lipinski definition) is 5. The summed E-state index contributed by atoms with van der Waals surface area (Å²) in [4.78, 5) is 8.53. The van der Waals surface area contributed by atoms with Gasteiger partial charge in [0.15, 0.2) is 0 Å². The predicted molar refractivity (Wildman–Crippen MR) is 59.9 cm³/mol. The minimum atomic E-state index is 0.335. The van der Waals surface area contributed by atoms with Crippen LogP contribution in [0.3, 0.4) is 0 Å². The highest BCUT2D eigenvalue weighted by Gasteiger charge is 2.15. The van der Waals surface area contributed by atoms with Crippen LogP contribution >= 0.6 is 11.8 Å². The average Bonchev–Trinajstić information content (AvgIpc) is 2.79. The molecule has 1 aliphatic rings. The fourth-order valence-electron chi connectivity index (χ4n) is 1.59. The number of nitrogens with one attached hydrogen (secondary N) is 1. The summed E-state index contributed by atoms with van der Waals surface area (Å²) < 4.78 is 5.75. The van der Waals surface area contributed by atoms with Crippen LogP contribution in [0.15, 0.2) is 17.4 Å². The Kier molecular flexibility index (Phi) is 3.94. The van der Waals surface area contributed by atoms with E-state index in [4.69, 9.17) is 4.74 Å². The molecule has 0 aromatic carbocycles. The molecule has 0 amide bonds. The maximum absolute atomic E-state index is 5.75. The SMILES string of the molecule is CSc1nccnc1CO[C@H]1CCNC1. The van der Waals surface area contributed by atoms with Crippen LogP contribution < -0.4 is 5.32 Å². The lowest BCUT2D eigenvalue weighted by molar-refractivity contribution is 0.0506. The third-order valence-corrected chi connectivity index (χ3v) is 3.13. The minimum absolute atomic E-state index is 0.335. The van der Waals surface area contributed by atoms with Crippen molar-refractivity contribution in [1.29, 1.82) is 0 Å². The molecule has 1 saturated heterocycles. The Labute approximate surface area is 93.8 Å². The molecule has 2 heterocycles. The molecule has 0 spiro atoms. The van der Waals surface area contributed by atoms with Gasteiger partial charge in [-0.25, -0.2) is 4.98 Å². The Balaban J connectivity index is 1.91. The largest absolute Gasteiger partial charge is 0.370 e. The first-order chi connectivity index (χ1) is 7.40. The van der Waals surface area contributed by atoms with Gasteiger partial charge in [-0.05, 0) is 19.2 Å². The first-order valence-corrected chi connectivity index (χ1v) is 6.29. The summed E-state index contributed by atoms with van der Waals surface area (Å²) in [5, 5.41) is 4.23. The Hall–Kier alpha value is -0.650. The molecule has 82 valence electrons. The van der Waals surface area contributed by atoms with Crippen LogP contribution in [0, 0.1) is 0 Å². The standard InChI is InChI=1S/C10H15N3OS/c1-15-10-9(12-4-5-13-10)7-14-8-2-3-11-6-8/h4-5,8,11H,2-3,6-7H2,1H3/t8-/m0/s1. The van der Waals surface area contributed by atoms with E-state index in [0.29, 0.717) is 12.7 Å². The second kappa shape index (κ2) is 5.44. The average molecular weight is 225 g/mol. The molecule has 15 heavy (non-hydrogen) atoms. The maximum atomic E-state index is 5.75. The van der Waals surface area contributed by atoms with Crippen LogP contribution in [0.25, 0.3) is 0 Å². The lowest BCUT2D eigenvalue weighted by Crippen LogP contribution is -2.17. The fourth-order valence-corrected chi connectivity index (χ4v) is 2.10. The molecule has 5 heteroatoms. The molecule has 0 aliphatic carbocycles. The van der Waals surface area contributed by atoms with E-state index in [9.17, 15) is 0 Å². The second-order valence-electron chi connectivity index (χ2n) is 3.44. The van der Waals surface area contributed by atoms with E-state index in [0.717, 1.165) is 30.2 Å². The highest BCUT2D eigenvalue weighted by Crippen LogP contribution is 2.16. The number of hydrogen-bond donors (Lipinski definition) is 1. The van der Waals surface area contributed by atoms with Gasteiger partial charge in [0.2, 0.25) is 0 Å². The van der Waals surface area contributed by atoms with Gasteiger partial charge in [0.25, 0.3) is 0 Å². The molecule has 1 aromatic heterocycles. The lowest BCUT2D eigenvalue weighted by Gasteiger charge is -2.10. The van der Waals surface area contributed by atoms with Gasteiger partial charge in [-0.2, -0.15) is 0 Å². The molecule has 0 radical (unpaired) electrons. The van der Waals surface area contributed by atoms with Crippen LogP contribution in [-0.4, -0.2) is 35.4 Å². The van der Waals surface area contributed by atoms with Gasteiger partial charge in [0, 0.05) is 18.9 Å². The molecule has 0 unspecified atom stereocenters. The normalized spacial score (nSPS) is 20.7. The van der Waals surface area contributed by atoms with E-state index in [1.165, 1.54) is 0 Å². The van der Waals surface area contributed by atoms with Gasteiger partial charge in [0.05, 0.1) is 18.4 Å². The van der Waals surface area contributed by atoms with Gasteiger partial charge in [0.1, 0.15) is 5.03 Å². The number of thioether (sulfide) groups is 1. The smallest absolute Gasteiger partial charge is 0.120 e. The van der Waals surface area contributed by atoms with Gasteiger partial charge in [-0.3, -0.25) is 4.98 Å². The van der Waals surface area contributed by atoms with Crippen molar-refractivity contribution in [2.75, 3.05) is 19.3 Å². The fraction of sp³-hybridized carbons (Fsp3) is 0.600. The van der Waals surface area contributed by atoms with Crippen LogP contribution in [0.2, 0.25) is 0 Å². The van der Waals surface area contributed by atoms with Gasteiger partial charge < -0.3 is 10.1 Å². The Morgan fingerprint density at radius 2 is 2.40 bits per heavy atom. The molecule has 0 bridgehead atoms. The third kappa shape index (κ3) is 2.90. The van der Waals surface area contributed by atoms with Gasteiger partial charge >= 0.3 is 0 Å². The maximum Gasteiger partial charge on any atom is 0.120 e. The summed E-state index contributed by atoms with van der Waals surface area (Å²) in [6, 6.07) is 0. The second-order valence-corrected chi connectivity index (χ2v) is 4.23. The number of ether oxygens (including phenoxy) is 1. The quantitative estimate of drug-likeness (QED) is 0.777. The van der Waals surface area contributed by atoms with Crippen LogP contribution in [-0.2, 0) is 11.3 Å². The Morgan fingerprint density at radius 3 is 3.13 bits per heavy atom. The highest BCUT2D eigenvalue weighted by atomic mass is 32.2. The molecule has 1 fully saturated rings.